The number of nitrogens with one attached hydrogen (secondary N) is 1. The first-order valence-electron chi connectivity index (χ1n) is 6.84. The molecule has 1 aromatic carbocycles. The molecule has 1 saturated heterocycles. The lowest BCUT2D eigenvalue weighted by atomic mass is 9.86. The van der Waals surface area contributed by atoms with Gasteiger partial charge in [-0.25, -0.2) is 0 Å². The van der Waals surface area contributed by atoms with E-state index < -0.39 is 0 Å². The van der Waals surface area contributed by atoms with Crippen molar-refractivity contribution >= 4 is 0 Å². The third kappa shape index (κ3) is 2.66. The summed E-state index contributed by atoms with van der Waals surface area (Å²) in [6.45, 7) is 4.25. The molecule has 0 amide bonds. The summed E-state index contributed by atoms with van der Waals surface area (Å²) in [5.41, 5.74) is 2.55. The van der Waals surface area contributed by atoms with E-state index in [1.165, 1.54) is 17.5 Å². The molecule has 0 saturated carbocycles. The predicted octanol–water partition coefficient (Wildman–Crippen LogP) is 1.57. The highest BCUT2D eigenvalue weighted by Gasteiger charge is 2.27. The zero-order chi connectivity index (χ0) is 13.1. The normalized spacial score (nSPS) is 18.4. The van der Waals surface area contributed by atoms with Crippen LogP contribution in [0.15, 0.2) is 30.6 Å². The molecule has 0 spiro atoms. The Kier molecular flexibility index (Phi) is 3.55. The molecular formula is C14H19N5. The van der Waals surface area contributed by atoms with Crippen LogP contribution in [0, 0.1) is 12.8 Å². The number of nitrogens with zero attached hydrogens (tertiary/aromatic N) is 4. The highest BCUT2D eigenvalue weighted by molar-refractivity contribution is 5.25. The molecule has 0 aliphatic carbocycles. The van der Waals surface area contributed by atoms with Gasteiger partial charge in [0.05, 0.1) is 0 Å². The molecule has 0 unspecified atom stereocenters. The second-order valence-corrected chi connectivity index (χ2v) is 5.20. The quantitative estimate of drug-likeness (QED) is 0.907. The Bertz CT molecular complexity index is 499. The summed E-state index contributed by atoms with van der Waals surface area (Å²) in [5, 5.41) is 15.7. The van der Waals surface area contributed by atoms with E-state index in [-0.39, 0.29) is 6.04 Å². The molecule has 1 aliphatic heterocycles. The topological polar surface area (TPSA) is 55.6 Å². The number of aromatic nitrogens is 4. The van der Waals surface area contributed by atoms with Crippen molar-refractivity contribution in [1.82, 2.24) is 25.5 Å². The SMILES string of the molecule is Cc1ccc([C@@H](C2CCNCC2)n2ncnn2)cc1. The van der Waals surface area contributed by atoms with Crippen molar-refractivity contribution in [2.45, 2.75) is 25.8 Å². The van der Waals surface area contributed by atoms with Crippen LogP contribution in [0.4, 0.5) is 0 Å². The molecule has 0 radical (unpaired) electrons. The van der Waals surface area contributed by atoms with Gasteiger partial charge in [0.15, 0.2) is 6.33 Å². The molecule has 1 atom stereocenters. The summed E-state index contributed by atoms with van der Waals surface area (Å²) in [6, 6.07) is 8.88. The van der Waals surface area contributed by atoms with Crippen LogP contribution in [0.25, 0.3) is 0 Å². The van der Waals surface area contributed by atoms with E-state index in [0.717, 1.165) is 25.9 Å². The standard InChI is InChI=1S/C14H19N5/c1-11-2-4-12(5-3-11)14(19-17-10-16-18-19)13-6-8-15-9-7-13/h2-5,10,13-15H,6-9H2,1H3/t14-/m0/s1. The smallest absolute Gasteiger partial charge is 0.162 e. The minimum absolute atomic E-state index is 0.199. The highest BCUT2D eigenvalue weighted by atomic mass is 15.6. The van der Waals surface area contributed by atoms with Crippen molar-refractivity contribution in [3.05, 3.63) is 41.7 Å². The van der Waals surface area contributed by atoms with Gasteiger partial charge in [0, 0.05) is 0 Å². The van der Waals surface area contributed by atoms with Gasteiger partial charge in [-0.05, 0) is 49.5 Å². The van der Waals surface area contributed by atoms with E-state index in [4.69, 9.17) is 0 Å². The Morgan fingerprint density at radius 2 is 1.95 bits per heavy atom. The van der Waals surface area contributed by atoms with Crippen molar-refractivity contribution in [3.63, 3.8) is 0 Å². The monoisotopic (exact) mass is 257 g/mol. The fraction of sp³-hybridized carbons (Fsp3) is 0.500. The van der Waals surface area contributed by atoms with Crippen molar-refractivity contribution < 1.29 is 0 Å². The zero-order valence-electron chi connectivity index (χ0n) is 11.2. The van der Waals surface area contributed by atoms with Crippen LogP contribution in [0.1, 0.15) is 30.0 Å². The largest absolute Gasteiger partial charge is 0.317 e. The van der Waals surface area contributed by atoms with Crippen LogP contribution in [-0.4, -0.2) is 33.3 Å². The van der Waals surface area contributed by atoms with Gasteiger partial charge < -0.3 is 5.32 Å². The number of benzene rings is 1. The molecule has 1 aromatic heterocycles. The predicted molar refractivity (Wildman–Crippen MR) is 72.7 cm³/mol. The van der Waals surface area contributed by atoms with Crippen molar-refractivity contribution in [2.24, 2.45) is 5.92 Å². The van der Waals surface area contributed by atoms with Crippen LogP contribution in [0.3, 0.4) is 0 Å². The number of hydrogen-bond donors (Lipinski definition) is 1. The third-order valence-electron chi connectivity index (χ3n) is 3.86. The minimum atomic E-state index is 0.199. The Morgan fingerprint density at radius 3 is 2.58 bits per heavy atom. The van der Waals surface area contributed by atoms with Gasteiger partial charge in [-0.3, -0.25) is 0 Å². The molecule has 5 heteroatoms. The van der Waals surface area contributed by atoms with Crippen molar-refractivity contribution in [2.75, 3.05) is 13.1 Å². The van der Waals surface area contributed by atoms with Gasteiger partial charge in [-0.2, -0.15) is 4.80 Å². The van der Waals surface area contributed by atoms with Gasteiger partial charge in [0.25, 0.3) is 0 Å². The number of tetrazole rings is 1. The highest BCUT2D eigenvalue weighted by Crippen LogP contribution is 2.31. The molecule has 1 aliphatic rings. The van der Waals surface area contributed by atoms with Gasteiger partial charge in [0.2, 0.25) is 0 Å². The average Bonchev–Trinajstić information content (AvgIpc) is 2.96. The lowest BCUT2D eigenvalue weighted by Gasteiger charge is -2.30. The summed E-state index contributed by atoms with van der Waals surface area (Å²) in [5.74, 6) is 0.568. The van der Waals surface area contributed by atoms with Gasteiger partial charge in [-0.1, -0.05) is 29.8 Å². The first-order valence-corrected chi connectivity index (χ1v) is 6.84. The summed E-state index contributed by atoms with van der Waals surface area (Å²) in [6.07, 6.45) is 3.82. The Balaban J connectivity index is 1.93. The first kappa shape index (κ1) is 12.3. The summed E-state index contributed by atoms with van der Waals surface area (Å²) in [7, 11) is 0. The van der Waals surface area contributed by atoms with E-state index in [1.807, 2.05) is 0 Å². The Hall–Kier alpha value is -1.75. The number of hydrogen-bond acceptors (Lipinski definition) is 4. The van der Waals surface area contributed by atoms with Crippen LogP contribution < -0.4 is 5.32 Å². The first-order chi connectivity index (χ1) is 9.34. The van der Waals surface area contributed by atoms with E-state index in [0.29, 0.717) is 5.92 Å². The second kappa shape index (κ2) is 5.48. The van der Waals surface area contributed by atoms with Crippen LogP contribution in [0.5, 0.6) is 0 Å². The van der Waals surface area contributed by atoms with E-state index in [1.54, 1.807) is 4.80 Å². The molecule has 1 N–H and O–H groups in total. The maximum absolute atomic E-state index is 4.26. The van der Waals surface area contributed by atoms with Gasteiger partial charge in [-0.15, -0.1) is 10.2 Å². The molecule has 2 heterocycles. The second-order valence-electron chi connectivity index (χ2n) is 5.20. The molecule has 5 nitrogen and oxygen atoms in total. The van der Waals surface area contributed by atoms with E-state index >= 15 is 0 Å². The summed E-state index contributed by atoms with van der Waals surface area (Å²) >= 11 is 0. The zero-order valence-corrected chi connectivity index (χ0v) is 11.2. The van der Waals surface area contributed by atoms with Gasteiger partial charge in [0.1, 0.15) is 6.04 Å². The molecular weight excluding hydrogens is 238 g/mol. The molecule has 0 bridgehead atoms. The molecule has 19 heavy (non-hydrogen) atoms. The third-order valence-corrected chi connectivity index (χ3v) is 3.86. The average molecular weight is 257 g/mol. The van der Waals surface area contributed by atoms with Crippen LogP contribution >= 0.6 is 0 Å². The number of piperidine rings is 1. The summed E-state index contributed by atoms with van der Waals surface area (Å²) < 4.78 is 0. The van der Waals surface area contributed by atoms with Crippen molar-refractivity contribution in [1.29, 1.82) is 0 Å². The maximum Gasteiger partial charge on any atom is 0.162 e. The molecule has 100 valence electrons. The molecule has 1 fully saturated rings. The van der Waals surface area contributed by atoms with Crippen molar-refractivity contribution in [3.8, 4) is 0 Å². The lowest BCUT2D eigenvalue weighted by molar-refractivity contribution is 0.257. The Labute approximate surface area is 113 Å². The number of rotatable bonds is 3. The minimum Gasteiger partial charge on any atom is -0.317 e. The molecule has 2 aromatic rings. The van der Waals surface area contributed by atoms with E-state index in [9.17, 15) is 0 Å². The fourth-order valence-corrected chi connectivity index (χ4v) is 2.82. The lowest BCUT2D eigenvalue weighted by Crippen LogP contribution is -2.34. The molecule has 3 rings (SSSR count). The fourth-order valence-electron chi connectivity index (χ4n) is 2.82. The van der Waals surface area contributed by atoms with Gasteiger partial charge >= 0.3 is 0 Å². The van der Waals surface area contributed by atoms with Crippen LogP contribution in [0.2, 0.25) is 0 Å². The number of aryl methyl sites for hydroxylation is 1. The van der Waals surface area contributed by atoms with E-state index in [2.05, 4.69) is 51.9 Å². The maximum atomic E-state index is 4.26. The Morgan fingerprint density at radius 1 is 1.21 bits per heavy atom. The summed E-state index contributed by atoms with van der Waals surface area (Å²) in [4.78, 5) is 1.76. The van der Waals surface area contributed by atoms with Crippen LogP contribution in [-0.2, 0) is 0 Å².